The lowest BCUT2D eigenvalue weighted by atomic mass is 9.66. The van der Waals surface area contributed by atoms with Gasteiger partial charge in [0.15, 0.2) is 0 Å². The van der Waals surface area contributed by atoms with Crippen molar-refractivity contribution in [3.8, 4) is 0 Å². The first kappa shape index (κ1) is 19.8. The summed E-state index contributed by atoms with van der Waals surface area (Å²) in [6.45, 7) is 7.81. The SMILES string of the molecule is CNC1CC(C)NC(NC2CC3CCOC3C(C3=CCNCCC3)C2C)N1. The molecule has 0 aromatic rings. The van der Waals surface area contributed by atoms with Gasteiger partial charge in [0.25, 0.3) is 0 Å². The smallest absolute Gasteiger partial charge is 0.113 e. The monoisotopic (exact) mass is 377 g/mol. The van der Waals surface area contributed by atoms with Crippen LogP contribution in [0, 0.1) is 17.8 Å². The third-order valence-corrected chi connectivity index (χ3v) is 7.27. The third kappa shape index (κ3) is 4.41. The number of ether oxygens (including phenoxy) is 1. The third-order valence-electron chi connectivity index (χ3n) is 7.27. The number of hydrogen-bond acceptors (Lipinski definition) is 6. The Morgan fingerprint density at radius 2 is 2.07 bits per heavy atom. The van der Waals surface area contributed by atoms with E-state index < -0.39 is 0 Å². The highest BCUT2D eigenvalue weighted by molar-refractivity contribution is 5.17. The molecule has 4 rings (SSSR count). The Bertz CT molecular complexity index is 527. The van der Waals surface area contributed by atoms with Gasteiger partial charge in [-0.1, -0.05) is 18.6 Å². The van der Waals surface area contributed by atoms with Crippen LogP contribution in [0.4, 0.5) is 0 Å². The molecule has 6 nitrogen and oxygen atoms in total. The van der Waals surface area contributed by atoms with Crippen LogP contribution in [0.15, 0.2) is 11.6 Å². The van der Waals surface area contributed by atoms with E-state index in [1.165, 1.54) is 25.7 Å². The topological polar surface area (TPSA) is 69.4 Å². The molecule has 0 bridgehead atoms. The zero-order chi connectivity index (χ0) is 18.8. The van der Waals surface area contributed by atoms with Gasteiger partial charge in [0.1, 0.15) is 6.29 Å². The van der Waals surface area contributed by atoms with E-state index in [0.717, 1.165) is 26.1 Å². The van der Waals surface area contributed by atoms with E-state index in [1.54, 1.807) is 5.57 Å². The quantitative estimate of drug-likeness (QED) is 0.473. The second-order valence-electron chi connectivity index (χ2n) is 9.11. The average Bonchev–Trinajstić information content (AvgIpc) is 2.95. The fourth-order valence-electron chi connectivity index (χ4n) is 5.83. The molecule has 154 valence electrons. The van der Waals surface area contributed by atoms with Crippen molar-refractivity contribution in [2.24, 2.45) is 17.8 Å². The maximum absolute atomic E-state index is 6.29. The molecule has 6 heteroatoms. The zero-order valence-electron chi connectivity index (χ0n) is 17.3. The first-order valence-electron chi connectivity index (χ1n) is 11.1. The summed E-state index contributed by atoms with van der Waals surface area (Å²) in [7, 11) is 2.04. The van der Waals surface area contributed by atoms with Crippen molar-refractivity contribution < 1.29 is 4.74 Å². The Labute approximate surface area is 164 Å². The van der Waals surface area contributed by atoms with E-state index in [2.05, 4.69) is 46.5 Å². The minimum atomic E-state index is 0.169. The normalized spacial score (nSPS) is 45.8. The number of fused-ring (bicyclic) bond motifs is 1. The van der Waals surface area contributed by atoms with Gasteiger partial charge in [-0.3, -0.25) is 16.0 Å². The van der Waals surface area contributed by atoms with Gasteiger partial charge < -0.3 is 15.4 Å². The van der Waals surface area contributed by atoms with Crippen LogP contribution in [0.25, 0.3) is 0 Å². The van der Waals surface area contributed by atoms with E-state index in [9.17, 15) is 0 Å². The van der Waals surface area contributed by atoms with E-state index in [-0.39, 0.29) is 6.29 Å². The van der Waals surface area contributed by atoms with Crippen molar-refractivity contribution in [3.05, 3.63) is 11.6 Å². The number of nitrogens with one attached hydrogen (secondary N) is 5. The van der Waals surface area contributed by atoms with Crippen molar-refractivity contribution in [2.45, 2.75) is 76.6 Å². The fraction of sp³-hybridized carbons (Fsp3) is 0.905. The molecule has 3 aliphatic heterocycles. The molecule has 8 atom stereocenters. The summed E-state index contributed by atoms with van der Waals surface area (Å²) in [5.41, 5.74) is 1.64. The molecule has 0 aromatic carbocycles. The minimum absolute atomic E-state index is 0.169. The van der Waals surface area contributed by atoms with Crippen molar-refractivity contribution >= 4 is 0 Å². The predicted molar refractivity (Wildman–Crippen MR) is 109 cm³/mol. The first-order chi connectivity index (χ1) is 13.2. The molecule has 0 amide bonds. The first-order valence-corrected chi connectivity index (χ1v) is 11.1. The predicted octanol–water partition coefficient (Wildman–Crippen LogP) is 1.12. The molecule has 0 radical (unpaired) electrons. The molecule has 3 heterocycles. The highest BCUT2D eigenvalue weighted by atomic mass is 16.5. The molecular formula is C21H39N5O. The molecule has 3 fully saturated rings. The van der Waals surface area contributed by atoms with Crippen LogP contribution >= 0.6 is 0 Å². The molecule has 1 aliphatic carbocycles. The van der Waals surface area contributed by atoms with E-state index in [0.29, 0.717) is 42.1 Å². The summed E-state index contributed by atoms with van der Waals surface area (Å²) in [6, 6.07) is 1.02. The maximum Gasteiger partial charge on any atom is 0.113 e. The number of rotatable bonds is 4. The highest BCUT2D eigenvalue weighted by Gasteiger charge is 2.47. The van der Waals surface area contributed by atoms with Crippen molar-refractivity contribution in [3.63, 3.8) is 0 Å². The molecular weight excluding hydrogens is 338 g/mol. The summed E-state index contributed by atoms with van der Waals surface area (Å²) in [6.07, 6.45) is 9.46. The Morgan fingerprint density at radius 3 is 2.93 bits per heavy atom. The fourth-order valence-corrected chi connectivity index (χ4v) is 5.83. The summed E-state index contributed by atoms with van der Waals surface area (Å²) >= 11 is 0. The molecule has 0 spiro atoms. The van der Waals surface area contributed by atoms with Crippen molar-refractivity contribution in [2.75, 3.05) is 26.7 Å². The minimum Gasteiger partial charge on any atom is -0.377 e. The van der Waals surface area contributed by atoms with Gasteiger partial charge in [0.05, 0.1) is 12.3 Å². The van der Waals surface area contributed by atoms with Gasteiger partial charge in [-0.2, -0.15) is 0 Å². The molecule has 8 unspecified atom stereocenters. The second kappa shape index (κ2) is 8.89. The van der Waals surface area contributed by atoms with Crippen LogP contribution < -0.4 is 26.6 Å². The number of hydrogen-bond donors (Lipinski definition) is 5. The van der Waals surface area contributed by atoms with Gasteiger partial charge in [-0.05, 0) is 64.5 Å². The Morgan fingerprint density at radius 1 is 1.19 bits per heavy atom. The highest BCUT2D eigenvalue weighted by Crippen LogP contribution is 2.45. The summed E-state index contributed by atoms with van der Waals surface area (Å²) in [5, 5.41) is 18.2. The lowest BCUT2D eigenvalue weighted by Crippen LogP contribution is -2.69. The van der Waals surface area contributed by atoms with E-state index >= 15 is 0 Å². The zero-order valence-corrected chi connectivity index (χ0v) is 17.3. The molecule has 27 heavy (non-hydrogen) atoms. The Hall–Kier alpha value is -0.500. The van der Waals surface area contributed by atoms with Crippen molar-refractivity contribution in [1.29, 1.82) is 0 Å². The van der Waals surface area contributed by atoms with Crippen molar-refractivity contribution in [1.82, 2.24) is 26.6 Å². The molecule has 5 N–H and O–H groups in total. The largest absolute Gasteiger partial charge is 0.377 e. The van der Waals surface area contributed by atoms with Crippen LogP contribution in [0.1, 0.15) is 46.0 Å². The molecule has 1 saturated carbocycles. The van der Waals surface area contributed by atoms with Gasteiger partial charge in [-0.15, -0.1) is 0 Å². The van der Waals surface area contributed by atoms with E-state index in [1.807, 2.05) is 7.05 Å². The van der Waals surface area contributed by atoms with Crippen LogP contribution in [0.5, 0.6) is 0 Å². The average molecular weight is 378 g/mol. The van der Waals surface area contributed by atoms with Gasteiger partial charge >= 0.3 is 0 Å². The maximum atomic E-state index is 6.29. The summed E-state index contributed by atoms with van der Waals surface area (Å²) < 4.78 is 6.29. The van der Waals surface area contributed by atoms with Gasteiger partial charge in [0, 0.05) is 31.2 Å². The van der Waals surface area contributed by atoms with Crippen LogP contribution in [0.2, 0.25) is 0 Å². The molecule has 0 aromatic heterocycles. The lowest BCUT2D eigenvalue weighted by Gasteiger charge is -2.47. The second-order valence-corrected chi connectivity index (χ2v) is 9.11. The molecule has 2 saturated heterocycles. The van der Waals surface area contributed by atoms with Crippen LogP contribution in [-0.4, -0.2) is 57.4 Å². The molecule has 4 aliphatic rings. The standard InChI is InChI=1S/C21H39N5O/c1-13-11-18(22-3)26-21(24-13)25-17-12-16-7-10-27-20(16)19(14(17)2)15-5-4-8-23-9-6-15/h6,13-14,16-26H,4-5,7-12H2,1-3H3. The van der Waals surface area contributed by atoms with E-state index in [4.69, 9.17) is 4.74 Å². The summed E-state index contributed by atoms with van der Waals surface area (Å²) in [4.78, 5) is 0. The van der Waals surface area contributed by atoms with Gasteiger partial charge in [0.2, 0.25) is 0 Å². The lowest BCUT2D eigenvalue weighted by molar-refractivity contribution is -0.00953. The Kier molecular flexibility index (Phi) is 6.52. The summed E-state index contributed by atoms with van der Waals surface area (Å²) in [5.74, 6) is 1.84. The van der Waals surface area contributed by atoms with Gasteiger partial charge in [-0.25, -0.2) is 0 Å². The van der Waals surface area contributed by atoms with Crippen LogP contribution in [0.3, 0.4) is 0 Å². The van der Waals surface area contributed by atoms with Crippen LogP contribution in [-0.2, 0) is 4.74 Å². The Balaban J connectivity index is 1.48.